The number of hydrogen-bond acceptors (Lipinski definition) is 3. The lowest BCUT2D eigenvalue weighted by Gasteiger charge is -2.35. The maximum Gasteiger partial charge on any atom is 0.191 e. The Balaban J connectivity index is 0.00000208. The zero-order valence-corrected chi connectivity index (χ0v) is 17.3. The zero-order chi connectivity index (χ0) is 15.9. The third-order valence-corrected chi connectivity index (χ3v) is 5.31. The van der Waals surface area contributed by atoms with Crippen molar-refractivity contribution in [2.75, 3.05) is 39.8 Å². The highest BCUT2D eigenvalue weighted by Crippen LogP contribution is 2.22. The molecule has 2 heterocycles. The maximum absolute atomic E-state index is 5.99. The van der Waals surface area contributed by atoms with E-state index >= 15 is 0 Å². The van der Waals surface area contributed by atoms with Crippen LogP contribution in [0.5, 0.6) is 0 Å². The van der Waals surface area contributed by atoms with E-state index in [0.717, 1.165) is 38.6 Å². The molecule has 0 aromatic carbocycles. The molecule has 2 saturated heterocycles. The van der Waals surface area contributed by atoms with Gasteiger partial charge in [-0.1, -0.05) is 11.6 Å². The molecule has 2 fully saturated rings. The van der Waals surface area contributed by atoms with Crippen molar-refractivity contribution in [1.29, 1.82) is 0 Å². The van der Waals surface area contributed by atoms with Crippen LogP contribution in [0.1, 0.15) is 44.9 Å². The number of guanidine groups is 1. The lowest BCUT2D eigenvalue weighted by atomic mass is 9.97. The van der Waals surface area contributed by atoms with Gasteiger partial charge >= 0.3 is 0 Å². The highest BCUT2D eigenvalue weighted by atomic mass is 127. The van der Waals surface area contributed by atoms with Gasteiger partial charge < -0.3 is 15.4 Å². The molecule has 0 radical (unpaired) electrons. The molecule has 1 aliphatic carbocycles. The fourth-order valence-electron chi connectivity index (χ4n) is 3.91. The first kappa shape index (κ1) is 20.0. The second-order valence-electron chi connectivity index (χ2n) is 6.98. The van der Waals surface area contributed by atoms with Crippen molar-refractivity contribution in [2.24, 2.45) is 4.99 Å². The Labute approximate surface area is 163 Å². The van der Waals surface area contributed by atoms with E-state index in [2.05, 4.69) is 26.6 Å². The quantitative estimate of drug-likeness (QED) is 0.294. The van der Waals surface area contributed by atoms with Gasteiger partial charge in [0.2, 0.25) is 0 Å². The maximum atomic E-state index is 5.99. The molecule has 0 amide bonds. The smallest absolute Gasteiger partial charge is 0.191 e. The first-order chi connectivity index (χ1) is 11.3. The van der Waals surface area contributed by atoms with Gasteiger partial charge in [0.15, 0.2) is 5.96 Å². The van der Waals surface area contributed by atoms with Gasteiger partial charge in [0.25, 0.3) is 0 Å². The standard InChI is InChI=1S/C18H32N4O.HI/c1-19-18(20-10-9-15-6-3-2-4-7-15)21-12-17-13-22-11-5-8-16(22)14-23-17;/h6,16-17H,2-5,7-14H2,1H3,(H2,19,20,21);1H. The molecule has 3 aliphatic rings. The fraction of sp³-hybridized carbons (Fsp3) is 0.833. The van der Waals surface area contributed by atoms with Crippen LogP contribution in [0.4, 0.5) is 0 Å². The summed E-state index contributed by atoms with van der Waals surface area (Å²) in [4.78, 5) is 6.91. The van der Waals surface area contributed by atoms with Gasteiger partial charge in [-0.3, -0.25) is 9.89 Å². The summed E-state index contributed by atoms with van der Waals surface area (Å²) >= 11 is 0. The molecule has 0 aromatic rings. The molecule has 5 nitrogen and oxygen atoms in total. The molecule has 0 bridgehead atoms. The first-order valence-electron chi connectivity index (χ1n) is 9.33. The monoisotopic (exact) mass is 448 g/mol. The van der Waals surface area contributed by atoms with Crippen molar-refractivity contribution in [3.63, 3.8) is 0 Å². The van der Waals surface area contributed by atoms with Crippen LogP contribution in [-0.4, -0.2) is 62.8 Å². The number of rotatable bonds is 5. The summed E-state index contributed by atoms with van der Waals surface area (Å²) in [7, 11) is 1.84. The summed E-state index contributed by atoms with van der Waals surface area (Å²) in [6.45, 7) is 5.00. The van der Waals surface area contributed by atoms with Gasteiger partial charge in [0, 0.05) is 32.7 Å². The highest BCUT2D eigenvalue weighted by molar-refractivity contribution is 14.0. The molecular formula is C18H33IN4O. The number of hydrogen-bond donors (Lipinski definition) is 2. The molecule has 24 heavy (non-hydrogen) atoms. The summed E-state index contributed by atoms with van der Waals surface area (Å²) in [5.74, 6) is 0.897. The van der Waals surface area contributed by atoms with Gasteiger partial charge in [-0.15, -0.1) is 24.0 Å². The molecule has 6 heteroatoms. The summed E-state index contributed by atoms with van der Waals surface area (Å²) in [5.41, 5.74) is 1.61. The van der Waals surface area contributed by atoms with Crippen LogP contribution in [0.3, 0.4) is 0 Å². The van der Waals surface area contributed by atoms with E-state index in [-0.39, 0.29) is 30.1 Å². The molecule has 2 atom stereocenters. The van der Waals surface area contributed by atoms with Gasteiger partial charge in [-0.05, 0) is 51.5 Å². The van der Waals surface area contributed by atoms with E-state index < -0.39 is 0 Å². The summed E-state index contributed by atoms with van der Waals surface area (Å²) < 4.78 is 5.99. The molecule has 3 rings (SSSR count). The van der Waals surface area contributed by atoms with Crippen molar-refractivity contribution in [3.8, 4) is 0 Å². The lowest BCUT2D eigenvalue weighted by molar-refractivity contribution is -0.0453. The average molecular weight is 448 g/mol. The summed E-state index contributed by atoms with van der Waals surface area (Å²) in [5, 5.41) is 6.86. The normalized spacial score (nSPS) is 27.9. The molecule has 0 saturated carbocycles. The third-order valence-electron chi connectivity index (χ3n) is 5.31. The number of morpholine rings is 1. The van der Waals surface area contributed by atoms with Crippen molar-refractivity contribution in [3.05, 3.63) is 11.6 Å². The van der Waals surface area contributed by atoms with E-state index in [1.54, 1.807) is 5.57 Å². The minimum atomic E-state index is 0. The SMILES string of the molecule is CN=C(NCCC1=CCCCC1)NCC1CN2CCCC2CO1.I. The van der Waals surface area contributed by atoms with Crippen molar-refractivity contribution in [2.45, 2.75) is 57.1 Å². The highest BCUT2D eigenvalue weighted by Gasteiger charge is 2.32. The van der Waals surface area contributed by atoms with Crippen LogP contribution in [-0.2, 0) is 4.74 Å². The molecule has 2 unspecified atom stereocenters. The average Bonchev–Trinajstić information content (AvgIpc) is 3.06. The van der Waals surface area contributed by atoms with E-state index in [1.807, 2.05) is 7.05 Å². The predicted octanol–water partition coefficient (Wildman–Crippen LogP) is 2.52. The van der Waals surface area contributed by atoms with Gasteiger partial charge in [0.1, 0.15) is 0 Å². The topological polar surface area (TPSA) is 48.9 Å². The molecule has 2 aliphatic heterocycles. The van der Waals surface area contributed by atoms with Gasteiger partial charge in [-0.25, -0.2) is 0 Å². The second kappa shape index (κ2) is 10.6. The lowest BCUT2D eigenvalue weighted by Crippen LogP contribution is -2.51. The zero-order valence-electron chi connectivity index (χ0n) is 14.9. The van der Waals surface area contributed by atoms with Crippen LogP contribution in [0, 0.1) is 0 Å². The Morgan fingerprint density at radius 2 is 2.25 bits per heavy atom. The summed E-state index contributed by atoms with van der Waals surface area (Å²) in [6.07, 6.45) is 11.7. The van der Waals surface area contributed by atoms with E-state index in [9.17, 15) is 0 Å². The Bertz CT molecular complexity index is 441. The number of nitrogens with one attached hydrogen (secondary N) is 2. The fourth-order valence-corrected chi connectivity index (χ4v) is 3.91. The van der Waals surface area contributed by atoms with E-state index in [0.29, 0.717) is 6.04 Å². The third kappa shape index (κ3) is 5.88. The molecule has 138 valence electrons. The van der Waals surface area contributed by atoms with Crippen LogP contribution in [0.25, 0.3) is 0 Å². The number of nitrogens with zero attached hydrogens (tertiary/aromatic N) is 2. The van der Waals surface area contributed by atoms with Gasteiger partial charge in [-0.2, -0.15) is 0 Å². The summed E-state index contributed by atoms with van der Waals surface area (Å²) in [6, 6.07) is 0.674. The first-order valence-corrected chi connectivity index (χ1v) is 9.33. The Morgan fingerprint density at radius 1 is 1.33 bits per heavy atom. The molecule has 0 spiro atoms. The van der Waals surface area contributed by atoms with Crippen LogP contribution >= 0.6 is 24.0 Å². The number of allylic oxidation sites excluding steroid dienone is 1. The van der Waals surface area contributed by atoms with Crippen molar-refractivity contribution in [1.82, 2.24) is 15.5 Å². The number of ether oxygens (including phenoxy) is 1. The van der Waals surface area contributed by atoms with Crippen LogP contribution < -0.4 is 10.6 Å². The van der Waals surface area contributed by atoms with E-state index in [1.165, 1.54) is 45.1 Å². The van der Waals surface area contributed by atoms with Crippen LogP contribution in [0.15, 0.2) is 16.6 Å². The molecule has 0 aromatic heterocycles. The Hall–Kier alpha value is -0.340. The van der Waals surface area contributed by atoms with Crippen molar-refractivity contribution < 1.29 is 4.74 Å². The second-order valence-corrected chi connectivity index (χ2v) is 6.98. The molecular weight excluding hydrogens is 415 g/mol. The van der Waals surface area contributed by atoms with Crippen molar-refractivity contribution >= 4 is 29.9 Å². The number of fused-ring (bicyclic) bond motifs is 1. The molecule has 2 N–H and O–H groups in total. The Morgan fingerprint density at radius 3 is 3.04 bits per heavy atom. The minimum absolute atomic E-state index is 0. The largest absolute Gasteiger partial charge is 0.373 e. The minimum Gasteiger partial charge on any atom is -0.373 e. The predicted molar refractivity (Wildman–Crippen MR) is 110 cm³/mol. The Kier molecular flexibility index (Phi) is 8.83. The van der Waals surface area contributed by atoms with Gasteiger partial charge in [0.05, 0.1) is 12.7 Å². The number of halogens is 1. The van der Waals surface area contributed by atoms with Crippen LogP contribution in [0.2, 0.25) is 0 Å². The number of aliphatic imine (C=N–C) groups is 1. The van der Waals surface area contributed by atoms with E-state index in [4.69, 9.17) is 4.74 Å².